The molecule has 0 radical (unpaired) electrons. The maximum Gasteiger partial charge on any atom is 0.226 e. The summed E-state index contributed by atoms with van der Waals surface area (Å²) in [6.45, 7) is -0.318. The zero-order valence-electron chi connectivity index (χ0n) is 3.60. The zero-order chi connectivity index (χ0) is 6.62. The molecular formula is C2H2Cl3NO2. The number of rotatable bonds is 2. The van der Waals surface area contributed by atoms with Gasteiger partial charge in [-0.3, -0.25) is 0 Å². The van der Waals surface area contributed by atoms with Crippen LogP contribution >= 0.6 is 34.8 Å². The van der Waals surface area contributed by atoms with Gasteiger partial charge in [-0.05, 0) is 0 Å². The lowest BCUT2D eigenvalue weighted by Gasteiger charge is -2.04. The Kier molecular flexibility index (Phi) is 3.44. The molecule has 0 atom stereocenters. The monoisotopic (exact) mass is 177 g/mol. The third-order valence-electron chi connectivity index (χ3n) is 0.281. The highest BCUT2D eigenvalue weighted by Crippen LogP contribution is 2.25. The van der Waals surface area contributed by atoms with Crippen LogP contribution < -0.4 is 0 Å². The van der Waals surface area contributed by atoms with Crippen LogP contribution in [0.5, 0.6) is 0 Å². The highest BCUT2D eigenvalue weighted by Gasteiger charge is 2.20. The second kappa shape index (κ2) is 3.33. The molecule has 0 unspecified atom stereocenters. The molecule has 0 aromatic carbocycles. The minimum atomic E-state index is -1.55. The summed E-state index contributed by atoms with van der Waals surface area (Å²) >= 11 is 15.4. The molecule has 0 aliphatic carbocycles. The van der Waals surface area contributed by atoms with Crippen molar-refractivity contribution in [2.45, 2.75) is 3.79 Å². The molecule has 0 saturated heterocycles. The van der Waals surface area contributed by atoms with Gasteiger partial charge in [0.05, 0.1) is 0 Å². The topological polar surface area (TPSA) is 38.7 Å². The highest BCUT2D eigenvalue weighted by molar-refractivity contribution is 6.67. The van der Waals surface area contributed by atoms with Crippen molar-refractivity contribution in [1.82, 2.24) is 0 Å². The Labute approximate surface area is 60.8 Å². The molecule has 0 aliphatic heterocycles. The van der Waals surface area contributed by atoms with Crippen molar-refractivity contribution in [2.24, 2.45) is 5.34 Å². The first-order chi connectivity index (χ1) is 3.56. The lowest BCUT2D eigenvalue weighted by molar-refractivity contribution is 0.145. The van der Waals surface area contributed by atoms with Crippen LogP contribution in [-0.2, 0) is 4.84 Å². The Morgan fingerprint density at radius 1 is 1.50 bits per heavy atom. The van der Waals surface area contributed by atoms with Crippen molar-refractivity contribution >= 4 is 34.8 Å². The van der Waals surface area contributed by atoms with Gasteiger partial charge in [-0.25, -0.2) is 0 Å². The number of alkyl halides is 3. The van der Waals surface area contributed by atoms with Gasteiger partial charge in [0.15, 0.2) is 11.9 Å². The normalized spacial score (nSPS) is 10.9. The van der Waals surface area contributed by atoms with E-state index < -0.39 is 3.79 Å². The third kappa shape index (κ3) is 6.27. The standard InChI is InChI=1S/C2H2Cl3NO2/c3-2(4,5)1-8-6-7/h1H2. The van der Waals surface area contributed by atoms with Gasteiger partial charge >= 0.3 is 0 Å². The van der Waals surface area contributed by atoms with Gasteiger partial charge in [-0.15, -0.1) is 4.91 Å². The molecule has 0 fully saturated rings. The second-order valence-corrected chi connectivity index (χ2v) is 3.48. The Morgan fingerprint density at radius 3 is 2.12 bits per heavy atom. The summed E-state index contributed by atoms with van der Waals surface area (Å²) in [7, 11) is 0. The maximum atomic E-state index is 9.20. The first kappa shape index (κ1) is 8.27. The van der Waals surface area contributed by atoms with E-state index in [4.69, 9.17) is 34.8 Å². The van der Waals surface area contributed by atoms with Crippen LogP contribution in [-0.4, -0.2) is 10.4 Å². The summed E-state index contributed by atoms with van der Waals surface area (Å²) in [6.07, 6.45) is 0. The Bertz CT molecular complexity index is 79.8. The molecule has 3 nitrogen and oxygen atoms in total. The molecule has 0 aromatic heterocycles. The van der Waals surface area contributed by atoms with Crippen LogP contribution in [0.3, 0.4) is 0 Å². The number of hydrogen-bond acceptors (Lipinski definition) is 3. The van der Waals surface area contributed by atoms with Crippen molar-refractivity contribution in [2.75, 3.05) is 6.61 Å². The van der Waals surface area contributed by atoms with E-state index in [0.29, 0.717) is 0 Å². The average molecular weight is 178 g/mol. The Balaban J connectivity index is 3.24. The number of halogens is 3. The van der Waals surface area contributed by atoms with E-state index in [1.54, 1.807) is 0 Å². The quantitative estimate of drug-likeness (QED) is 0.369. The molecule has 8 heavy (non-hydrogen) atoms. The van der Waals surface area contributed by atoms with Crippen molar-refractivity contribution in [3.05, 3.63) is 4.91 Å². The van der Waals surface area contributed by atoms with Crippen LogP contribution in [0.1, 0.15) is 0 Å². The van der Waals surface area contributed by atoms with Gasteiger partial charge in [-0.2, -0.15) is 0 Å². The molecular weight excluding hydrogens is 176 g/mol. The van der Waals surface area contributed by atoms with E-state index in [1.807, 2.05) is 5.34 Å². The minimum Gasteiger partial charge on any atom is -0.359 e. The Hall–Kier alpha value is 0.270. The maximum absolute atomic E-state index is 9.20. The van der Waals surface area contributed by atoms with Gasteiger partial charge in [0.1, 0.15) is 0 Å². The van der Waals surface area contributed by atoms with E-state index in [9.17, 15) is 4.91 Å². The largest absolute Gasteiger partial charge is 0.359 e. The molecule has 0 N–H and O–H groups in total. The number of nitrogens with zero attached hydrogens (tertiary/aromatic N) is 1. The first-order valence-corrected chi connectivity index (χ1v) is 2.71. The lowest BCUT2D eigenvalue weighted by Crippen LogP contribution is -2.09. The molecule has 0 heterocycles. The van der Waals surface area contributed by atoms with Crippen LogP contribution in [0.4, 0.5) is 0 Å². The molecule has 48 valence electrons. The predicted octanol–water partition coefficient (Wildman–Crippen LogP) is 2.05. The van der Waals surface area contributed by atoms with Crippen molar-refractivity contribution in [1.29, 1.82) is 0 Å². The fourth-order valence-corrected chi connectivity index (χ4v) is 0.246. The highest BCUT2D eigenvalue weighted by atomic mass is 35.6. The number of hydrogen-bond donors (Lipinski definition) is 0. The molecule has 0 bridgehead atoms. The van der Waals surface area contributed by atoms with Crippen LogP contribution in [0.25, 0.3) is 0 Å². The molecule has 0 amide bonds. The van der Waals surface area contributed by atoms with Crippen LogP contribution in [0.2, 0.25) is 0 Å². The minimum absolute atomic E-state index is 0.318. The summed E-state index contributed by atoms with van der Waals surface area (Å²) in [5.41, 5.74) is 0. The van der Waals surface area contributed by atoms with E-state index in [1.165, 1.54) is 0 Å². The SMILES string of the molecule is O=NOCC(Cl)(Cl)Cl. The summed E-state index contributed by atoms with van der Waals surface area (Å²) in [5, 5.41) is 2.02. The van der Waals surface area contributed by atoms with Crippen molar-refractivity contribution < 1.29 is 4.84 Å². The lowest BCUT2D eigenvalue weighted by atomic mass is 10.8. The molecule has 0 aromatic rings. The van der Waals surface area contributed by atoms with E-state index in [0.717, 1.165) is 0 Å². The third-order valence-corrected chi connectivity index (χ3v) is 0.608. The van der Waals surface area contributed by atoms with Gasteiger partial charge in [0, 0.05) is 0 Å². The van der Waals surface area contributed by atoms with E-state index in [-0.39, 0.29) is 6.61 Å². The summed E-state index contributed by atoms with van der Waals surface area (Å²) < 4.78 is -1.55. The van der Waals surface area contributed by atoms with Gasteiger partial charge in [0.25, 0.3) is 0 Å². The molecule has 0 spiro atoms. The second-order valence-electron chi connectivity index (χ2n) is 0.963. The fourth-order valence-electron chi connectivity index (χ4n) is 0.0995. The zero-order valence-corrected chi connectivity index (χ0v) is 5.87. The Morgan fingerprint density at radius 2 is 2.00 bits per heavy atom. The smallest absolute Gasteiger partial charge is 0.226 e. The fraction of sp³-hybridized carbons (Fsp3) is 1.00. The van der Waals surface area contributed by atoms with Crippen LogP contribution in [0, 0.1) is 4.91 Å². The van der Waals surface area contributed by atoms with Gasteiger partial charge < -0.3 is 4.84 Å². The predicted molar refractivity (Wildman–Crippen MR) is 32.0 cm³/mol. The van der Waals surface area contributed by atoms with Gasteiger partial charge in [-0.1, -0.05) is 34.8 Å². The summed E-state index contributed by atoms with van der Waals surface area (Å²) in [5.74, 6) is 0. The van der Waals surface area contributed by atoms with E-state index in [2.05, 4.69) is 4.84 Å². The molecule has 0 rings (SSSR count). The van der Waals surface area contributed by atoms with Crippen molar-refractivity contribution in [3.8, 4) is 0 Å². The molecule has 6 heteroatoms. The average Bonchev–Trinajstić information content (AvgIpc) is 1.59. The van der Waals surface area contributed by atoms with Crippen LogP contribution in [0.15, 0.2) is 5.34 Å². The summed E-state index contributed by atoms with van der Waals surface area (Å²) in [6, 6.07) is 0. The van der Waals surface area contributed by atoms with E-state index >= 15 is 0 Å². The summed E-state index contributed by atoms with van der Waals surface area (Å²) in [4.78, 5) is 13.1. The van der Waals surface area contributed by atoms with Crippen molar-refractivity contribution in [3.63, 3.8) is 0 Å². The molecule has 0 aliphatic rings. The van der Waals surface area contributed by atoms with Gasteiger partial charge in [0.2, 0.25) is 3.79 Å². The first-order valence-electron chi connectivity index (χ1n) is 1.57. The molecule has 0 saturated carbocycles.